The number of benzene rings is 1. The van der Waals surface area contributed by atoms with Crippen molar-refractivity contribution >= 4 is 15.9 Å². The number of hydrogen-bond donors (Lipinski definition) is 0. The molecule has 90 valence electrons. The van der Waals surface area contributed by atoms with Crippen molar-refractivity contribution in [1.29, 1.82) is 0 Å². The molecule has 3 nitrogen and oxygen atoms in total. The molecular weight excluding hydrogens is 287 g/mol. The number of aryl methyl sites for hydroxylation is 2. The summed E-state index contributed by atoms with van der Waals surface area (Å²) >= 11 is 3.46. The molecule has 0 atom stereocenters. The third kappa shape index (κ3) is 2.66. The molecule has 0 aliphatic carbocycles. The summed E-state index contributed by atoms with van der Waals surface area (Å²) in [4.78, 5) is 0. The van der Waals surface area contributed by atoms with Crippen LogP contribution in [0.1, 0.15) is 11.4 Å². The van der Waals surface area contributed by atoms with E-state index in [4.69, 9.17) is 4.74 Å². The third-order valence-corrected chi connectivity index (χ3v) is 3.48. The average molecular weight is 299 g/mol. The highest BCUT2D eigenvalue weighted by Crippen LogP contribution is 2.22. The Morgan fingerprint density at radius 3 is 2.53 bits per heavy atom. The van der Waals surface area contributed by atoms with Crippen LogP contribution in [0.5, 0.6) is 5.75 Å². The van der Waals surface area contributed by atoms with E-state index in [1.165, 1.54) is 12.1 Å². The van der Waals surface area contributed by atoms with Gasteiger partial charge < -0.3 is 4.74 Å². The summed E-state index contributed by atoms with van der Waals surface area (Å²) in [6, 6.07) is 5.96. The van der Waals surface area contributed by atoms with Crippen molar-refractivity contribution < 1.29 is 9.13 Å². The van der Waals surface area contributed by atoms with Crippen LogP contribution < -0.4 is 4.74 Å². The Balaban J connectivity index is 2.09. The maximum atomic E-state index is 12.7. The number of aromatic nitrogens is 2. The molecule has 0 bridgehead atoms. The summed E-state index contributed by atoms with van der Waals surface area (Å²) in [5, 5.41) is 4.27. The summed E-state index contributed by atoms with van der Waals surface area (Å²) in [6.45, 7) is 2.31. The first-order chi connectivity index (χ1) is 8.08. The van der Waals surface area contributed by atoms with Crippen LogP contribution in [-0.2, 0) is 13.7 Å². The number of rotatable bonds is 3. The molecule has 0 amide bonds. The fraction of sp³-hybridized carbons (Fsp3) is 0.250. The number of ether oxygens (including phenoxy) is 1. The zero-order valence-electron chi connectivity index (χ0n) is 9.58. The van der Waals surface area contributed by atoms with E-state index in [0.29, 0.717) is 12.4 Å². The Labute approximate surface area is 107 Å². The van der Waals surface area contributed by atoms with E-state index in [-0.39, 0.29) is 5.82 Å². The van der Waals surface area contributed by atoms with E-state index >= 15 is 0 Å². The molecule has 0 radical (unpaired) electrons. The van der Waals surface area contributed by atoms with E-state index in [1.54, 1.807) is 16.8 Å². The minimum atomic E-state index is -0.269. The van der Waals surface area contributed by atoms with Crippen molar-refractivity contribution in [2.45, 2.75) is 13.5 Å². The van der Waals surface area contributed by atoms with Crippen LogP contribution in [0.15, 0.2) is 28.7 Å². The molecule has 1 aromatic carbocycles. The molecule has 0 aliphatic rings. The lowest BCUT2D eigenvalue weighted by molar-refractivity contribution is 0.293. The van der Waals surface area contributed by atoms with E-state index in [2.05, 4.69) is 21.0 Å². The number of nitrogens with zero attached hydrogens (tertiary/aromatic N) is 2. The van der Waals surface area contributed by atoms with Crippen molar-refractivity contribution in [3.8, 4) is 5.75 Å². The molecular formula is C12H12BrFN2O. The van der Waals surface area contributed by atoms with Gasteiger partial charge in [-0.3, -0.25) is 4.68 Å². The number of halogens is 2. The van der Waals surface area contributed by atoms with Gasteiger partial charge in [-0.15, -0.1) is 0 Å². The molecule has 1 heterocycles. The van der Waals surface area contributed by atoms with Crippen LogP contribution in [-0.4, -0.2) is 9.78 Å². The minimum Gasteiger partial charge on any atom is -0.487 e. The first kappa shape index (κ1) is 12.1. The monoisotopic (exact) mass is 298 g/mol. The van der Waals surface area contributed by atoms with Gasteiger partial charge in [-0.1, -0.05) is 0 Å². The van der Waals surface area contributed by atoms with Crippen LogP contribution in [0.3, 0.4) is 0 Å². The molecule has 5 heteroatoms. The Bertz CT molecular complexity index is 522. The topological polar surface area (TPSA) is 27.1 Å². The maximum Gasteiger partial charge on any atom is 0.131 e. The third-order valence-electron chi connectivity index (χ3n) is 2.45. The lowest BCUT2D eigenvalue weighted by Crippen LogP contribution is -2.03. The van der Waals surface area contributed by atoms with Crippen LogP contribution in [0, 0.1) is 12.7 Å². The van der Waals surface area contributed by atoms with Crippen molar-refractivity contribution in [3.63, 3.8) is 0 Å². The summed E-state index contributed by atoms with van der Waals surface area (Å²) < 4.78 is 21.0. The van der Waals surface area contributed by atoms with Crippen LogP contribution in [0.2, 0.25) is 0 Å². The highest BCUT2D eigenvalue weighted by atomic mass is 79.9. The first-order valence-electron chi connectivity index (χ1n) is 5.14. The van der Waals surface area contributed by atoms with Gasteiger partial charge in [0.1, 0.15) is 18.2 Å². The summed E-state index contributed by atoms with van der Waals surface area (Å²) in [6.07, 6.45) is 0. The highest BCUT2D eigenvalue weighted by Gasteiger charge is 2.10. The van der Waals surface area contributed by atoms with E-state index in [9.17, 15) is 4.39 Å². The Kier molecular flexibility index (Phi) is 3.47. The fourth-order valence-corrected chi connectivity index (χ4v) is 1.97. The molecule has 0 fully saturated rings. The molecule has 0 unspecified atom stereocenters. The van der Waals surface area contributed by atoms with Crippen molar-refractivity contribution in [3.05, 3.63) is 45.9 Å². The van der Waals surface area contributed by atoms with E-state index in [1.807, 2.05) is 14.0 Å². The zero-order valence-corrected chi connectivity index (χ0v) is 11.2. The lowest BCUT2D eigenvalue weighted by atomic mass is 10.3. The lowest BCUT2D eigenvalue weighted by Gasteiger charge is -2.06. The molecule has 0 saturated carbocycles. The molecule has 2 rings (SSSR count). The molecule has 2 aromatic rings. The summed E-state index contributed by atoms with van der Waals surface area (Å²) in [5.41, 5.74) is 1.87. The second-order valence-electron chi connectivity index (χ2n) is 3.71. The van der Waals surface area contributed by atoms with Crippen molar-refractivity contribution in [1.82, 2.24) is 9.78 Å². The smallest absolute Gasteiger partial charge is 0.131 e. The summed E-state index contributed by atoms with van der Waals surface area (Å²) in [7, 11) is 1.86. The molecule has 0 spiro atoms. The normalized spacial score (nSPS) is 10.6. The predicted molar refractivity (Wildman–Crippen MR) is 66.4 cm³/mol. The maximum absolute atomic E-state index is 12.7. The minimum absolute atomic E-state index is 0.269. The van der Waals surface area contributed by atoms with Crippen LogP contribution in [0.25, 0.3) is 0 Å². The Morgan fingerprint density at radius 2 is 2.00 bits per heavy atom. The molecule has 0 aliphatic heterocycles. The average Bonchev–Trinajstić information content (AvgIpc) is 2.54. The van der Waals surface area contributed by atoms with Gasteiger partial charge in [0.15, 0.2) is 0 Å². The second-order valence-corrected chi connectivity index (χ2v) is 4.51. The van der Waals surface area contributed by atoms with Gasteiger partial charge in [0.25, 0.3) is 0 Å². The van der Waals surface area contributed by atoms with Gasteiger partial charge in [0.2, 0.25) is 0 Å². The quantitative estimate of drug-likeness (QED) is 0.870. The van der Waals surface area contributed by atoms with Crippen LogP contribution >= 0.6 is 15.9 Å². The van der Waals surface area contributed by atoms with Crippen molar-refractivity contribution in [2.75, 3.05) is 0 Å². The van der Waals surface area contributed by atoms with Gasteiger partial charge >= 0.3 is 0 Å². The van der Waals surface area contributed by atoms with E-state index in [0.717, 1.165) is 15.9 Å². The van der Waals surface area contributed by atoms with Gasteiger partial charge in [-0.25, -0.2) is 4.39 Å². The van der Waals surface area contributed by atoms with Gasteiger partial charge in [0, 0.05) is 7.05 Å². The molecule has 1 aromatic heterocycles. The van der Waals surface area contributed by atoms with E-state index < -0.39 is 0 Å². The van der Waals surface area contributed by atoms with Gasteiger partial charge in [-0.2, -0.15) is 5.10 Å². The SMILES string of the molecule is Cc1nn(C)c(COc2ccc(F)cc2)c1Br. The van der Waals surface area contributed by atoms with Crippen molar-refractivity contribution in [2.24, 2.45) is 7.05 Å². The molecule has 17 heavy (non-hydrogen) atoms. The Hall–Kier alpha value is -1.36. The predicted octanol–water partition coefficient (Wildman–Crippen LogP) is 3.21. The van der Waals surface area contributed by atoms with Gasteiger partial charge in [-0.05, 0) is 47.1 Å². The fourth-order valence-electron chi connectivity index (χ4n) is 1.52. The Morgan fingerprint density at radius 1 is 1.35 bits per heavy atom. The second kappa shape index (κ2) is 4.87. The highest BCUT2D eigenvalue weighted by molar-refractivity contribution is 9.10. The van der Waals surface area contributed by atoms with Gasteiger partial charge in [0.05, 0.1) is 15.9 Å². The first-order valence-corrected chi connectivity index (χ1v) is 5.93. The molecule has 0 saturated heterocycles. The largest absolute Gasteiger partial charge is 0.487 e. The number of hydrogen-bond acceptors (Lipinski definition) is 2. The van der Waals surface area contributed by atoms with Crippen LogP contribution in [0.4, 0.5) is 4.39 Å². The summed E-state index contributed by atoms with van der Waals surface area (Å²) in [5.74, 6) is 0.368. The standard InChI is InChI=1S/C12H12BrFN2O/c1-8-12(13)11(16(2)15-8)7-17-10-5-3-9(14)4-6-10/h3-6H,7H2,1-2H3. The zero-order chi connectivity index (χ0) is 12.4. The molecule has 0 N–H and O–H groups in total.